The van der Waals surface area contributed by atoms with Crippen molar-refractivity contribution in [1.29, 1.82) is 0 Å². The van der Waals surface area contributed by atoms with Crippen LogP contribution >= 0.6 is 11.6 Å². The Bertz CT molecular complexity index is 1590. The fourth-order valence-corrected chi connectivity index (χ4v) is 5.16. The first-order chi connectivity index (χ1) is 22.2. The minimum Gasteiger partial charge on any atom is -0.490 e. The number of halogens is 4. The molecule has 47 heavy (non-hydrogen) atoms. The average Bonchev–Trinajstić information content (AvgIpc) is 3.17. The van der Waals surface area contributed by atoms with Crippen LogP contribution in [0.2, 0.25) is 5.02 Å². The molecule has 5 rings (SSSR count). The lowest BCUT2D eigenvalue weighted by atomic mass is 10.1. The molecule has 1 fully saturated rings. The van der Waals surface area contributed by atoms with E-state index in [-0.39, 0.29) is 36.9 Å². The highest BCUT2D eigenvalue weighted by atomic mass is 35.5. The van der Waals surface area contributed by atoms with Crippen LogP contribution in [0.15, 0.2) is 66.7 Å². The molecular formula is C33H34ClF3N4O6. The molecule has 1 saturated heterocycles. The Morgan fingerprint density at radius 3 is 2.13 bits per heavy atom. The Kier molecular flexibility index (Phi) is 11.5. The largest absolute Gasteiger partial charge is 0.490 e. The van der Waals surface area contributed by atoms with E-state index in [1.807, 2.05) is 30.3 Å². The van der Waals surface area contributed by atoms with Crippen LogP contribution in [-0.4, -0.2) is 84.6 Å². The summed E-state index contributed by atoms with van der Waals surface area (Å²) in [5.41, 5.74) is 3.26. The molecular weight excluding hydrogens is 641 g/mol. The van der Waals surface area contributed by atoms with Gasteiger partial charge in [-0.15, -0.1) is 0 Å². The van der Waals surface area contributed by atoms with E-state index in [0.29, 0.717) is 28.4 Å². The summed E-state index contributed by atoms with van der Waals surface area (Å²) in [7, 11) is 3.38. The predicted octanol–water partition coefficient (Wildman–Crippen LogP) is 5.00. The summed E-state index contributed by atoms with van der Waals surface area (Å²) in [6, 6.07) is 19.7. The smallest absolute Gasteiger partial charge is 0.490 e. The van der Waals surface area contributed by atoms with E-state index in [0.717, 1.165) is 42.8 Å². The standard InChI is InChI=1S/C31H33ClN4O4.C2HF3O2/c1-34(2)30(38)23-5-6-24-19-35(31(39)22-7-9-25(32)10-8-22)20-29(37)36(28(24)17-23)18-21-3-11-26(12-4-21)40-27-13-15-33-16-14-27;3-2(4,5)1(6)7/h3-12,17,27,33H,13-16,18-20H2,1-2H3;(H,6,7). The zero-order chi connectivity index (χ0) is 34.3. The van der Waals surface area contributed by atoms with Crippen molar-refractivity contribution in [2.24, 2.45) is 0 Å². The molecule has 0 radical (unpaired) electrons. The van der Waals surface area contributed by atoms with Gasteiger partial charge in [-0.1, -0.05) is 29.8 Å². The Labute approximate surface area is 274 Å². The molecule has 2 aliphatic rings. The molecule has 14 heteroatoms. The fraction of sp³-hybridized carbons (Fsp3) is 0.333. The Hall–Kier alpha value is -4.62. The monoisotopic (exact) mass is 674 g/mol. The van der Waals surface area contributed by atoms with Crippen LogP contribution in [0, 0.1) is 0 Å². The molecule has 0 atom stereocenters. The molecule has 0 saturated carbocycles. The Morgan fingerprint density at radius 1 is 0.957 bits per heavy atom. The number of hydrogen-bond donors (Lipinski definition) is 2. The highest BCUT2D eigenvalue weighted by molar-refractivity contribution is 6.30. The third-order valence-electron chi connectivity index (χ3n) is 7.49. The van der Waals surface area contributed by atoms with E-state index in [1.165, 1.54) is 9.80 Å². The molecule has 0 aliphatic carbocycles. The number of alkyl halides is 3. The predicted molar refractivity (Wildman–Crippen MR) is 168 cm³/mol. The third-order valence-corrected chi connectivity index (χ3v) is 7.74. The normalized spacial score (nSPS) is 15.1. The lowest BCUT2D eigenvalue weighted by Crippen LogP contribution is -2.39. The Morgan fingerprint density at radius 2 is 1.55 bits per heavy atom. The molecule has 3 amide bonds. The minimum absolute atomic E-state index is 0.0932. The van der Waals surface area contributed by atoms with Gasteiger partial charge in [-0.3, -0.25) is 14.4 Å². The summed E-state index contributed by atoms with van der Waals surface area (Å²) >= 11 is 6.01. The molecule has 2 aliphatic heterocycles. The summed E-state index contributed by atoms with van der Waals surface area (Å²) in [4.78, 5) is 53.5. The van der Waals surface area contributed by atoms with Gasteiger partial charge in [0.2, 0.25) is 5.91 Å². The number of amides is 3. The van der Waals surface area contributed by atoms with Crippen molar-refractivity contribution in [3.63, 3.8) is 0 Å². The fourth-order valence-electron chi connectivity index (χ4n) is 5.04. The van der Waals surface area contributed by atoms with Gasteiger partial charge in [0.25, 0.3) is 11.8 Å². The first kappa shape index (κ1) is 35.2. The van der Waals surface area contributed by atoms with E-state index < -0.39 is 12.1 Å². The minimum atomic E-state index is -5.08. The Balaban J connectivity index is 0.000000644. The van der Waals surface area contributed by atoms with Gasteiger partial charge in [0.15, 0.2) is 0 Å². The first-order valence-electron chi connectivity index (χ1n) is 14.7. The number of carbonyl (C=O) groups excluding carboxylic acids is 3. The number of anilines is 1. The van der Waals surface area contributed by atoms with Crippen LogP contribution in [-0.2, 0) is 22.7 Å². The van der Waals surface area contributed by atoms with Gasteiger partial charge < -0.3 is 29.9 Å². The van der Waals surface area contributed by atoms with Crippen LogP contribution in [0.3, 0.4) is 0 Å². The SMILES string of the molecule is CN(C)C(=O)c1ccc2c(c1)N(Cc1ccc(OC3CCNCC3)cc1)C(=O)CN(C(=O)c1ccc(Cl)cc1)C2.O=C(O)C(F)(F)F. The van der Waals surface area contributed by atoms with Gasteiger partial charge in [-0.2, -0.15) is 13.2 Å². The van der Waals surface area contributed by atoms with Gasteiger partial charge in [0, 0.05) is 42.5 Å². The maximum absolute atomic E-state index is 13.7. The molecule has 0 aromatic heterocycles. The van der Waals surface area contributed by atoms with Crippen LogP contribution in [0.4, 0.5) is 18.9 Å². The van der Waals surface area contributed by atoms with Crippen molar-refractivity contribution < 1.29 is 42.2 Å². The van der Waals surface area contributed by atoms with E-state index in [4.69, 9.17) is 26.2 Å². The topological polar surface area (TPSA) is 119 Å². The molecule has 2 heterocycles. The molecule has 0 spiro atoms. The second kappa shape index (κ2) is 15.3. The van der Waals surface area contributed by atoms with Gasteiger partial charge in [-0.25, -0.2) is 4.79 Å². The number of piperidine rings is 1. The number of aliphatic carboxylic acids is 1. The summed E-state index contributed by atoms with van der Waals surface area (Å²) in [6.07, 6.45) is -2.94. The van der Waals surface area contributed by atoms with E-state index in [9.17, 15) is 27.6 Å². The number of nitrogens with one attached hydrogen (secondary N) is 1. The van der Waals surface area contributed by atoms with E-state index >= 15 is 0 Å². The average molecular weight is 675 g/mol. The maximum atomic E-state index is 13.7. The van der Waals surface area contributed by atoms with Crippen molar-refractivity contribution in [3.05, 3.63) is 94.0 Å². The summed E-state index contributed by atoms with van der Waals surface area (Å²) in [5.74, 6) is -2.60. The zero-order valence-electron chi connectivity index (χ0n) is 25.7. The number of carbonyl (C=O) groups is 4. The number of ether oxygens (including phenoxy) is 1. The molecule has 0 bridgehead atoms. The number of rotatable bonds is 6. The van der Waals surface area contributed by atoms with E-state index in [1.54, 1.807) is 55.4 Å². The van der Waals surface area contributed by atoms with E-state index in [2.05, 4.69) is 5.32 Å². The van der Waals surface area contributed by atoms with Gasteiger partial charge >= 0.3 is 12.1 Å². The molecule has 250 valence electrons. The number of carboxylic acid groups (broad SMARTS) is 1. The summed E-state index contributed by atoms with van der Waals surface area (Å²) in [5, 5.41) is 11.0. The van der Waals surface area contributed by atoms with Gasteiger partial charge in [0.1, 0.15) is 18.4 Å². The molecule has 10 nitrogen and oxygen atoms in total. The molecule has 3 aromatic carbocycles. The molecule has 0 unspecified atom stereocenters. The first-order valence-corrected chi connectivity index (χ1v) is 15.1. The number of fused-ring (bicyclic) bond motifs is 1. The van der Waals surface area contributed by atoms with Crippen LogP contribution < -0.4 is 15.0 Å². The quantitative estimate of drug-likeness (QED) is 0.378. The van der Waals surface area contributed by atoms with Gasteiger partial charge in [-0.05, 0) is 85.6 Å². The molecule has 2 N–H and O–H groups in total. The third kappa shape index (κ3) is 9.46. The number of hydrogen-bond acceptors (Lipinski definition) is 6. The van der Waals surface area contributed by atoms with Crippen LogP contribution in [0.5, 0.6) is 5.75 Å². The van der Waals surface area contributed by atoms with Crippen molar-refractivity contribution in [2.45, 2.75) is 38.2 Å². The number of nitrogens with zero attached hydrogens (tertiary/aromatic N) is 3. The summed E-state index contributed by atoms with van der Waals surface area (Å²) < 4.78 is 37.9. The second-order valence-electron chi connectivity index (χ2n) is 11.2. The summed E-state index contributed by atoms with van der Waals surface area (Å²) in [6.45, 7) is 2.34. The van der Waals surface area contributed by atoms with Gasteiger partial charge in [0.05, 0.1) is 6.54 Å². The van der Waals surface area contributed by atoms with Crippen molar-refractivity contribution in [1.82, 2.24) is 15.1 Å². The highest BCUT2D eigenvalue weighted by Crippen LogP contribution is 2.30. The number of benzene rings is 3. The lowest BCUT2D eigenvalue weighted by molar-refractivity contribution is -0.192. The van der Waals surface area contributed by atoms with Crippen molar-refractivity contribution >= 4 is 41.0 Å². The number of carboxylic acids is 1. The second-order valence-corrected chi connectivity index (χ2v) is 11.6. The van der Waals surface area contributed by atoms with Crippen molar-refractivity contribution in [3.8, 4) is 5.75 Å². The van der Waals surface area contributed by atoms with Crippen molar-refractivity contribution in [2.75, 3.05) is 38.6 Å². The zero-order valence-corrected chi connectivity index (χ0v) is 26.5. The lowest BCUT2D eigenvalue weighted by Gasteiger charge is -2.25. The maximum Gasteiger partial charge on any atom is 0.490 e. The molecule has 3 aromatic rings. The van der Waals surface area contributed by atoms with Crippen LogP contribution in [0.1, 0.15) is 44.7 Å². The van der Waals surface area contributed by atoms with Crippen LogP contribution in [0.25, 0.3) is 0 Å². The highest BCUT2D eigenvalue weighted by Gasteiger charge is 2.38.